The van der Waals surface area contributed by atoms with Crippen LogP contribution in [-0.2, 0) is 0 Å². The van der Waals surface area contributed by atoms with Crippen molar-refractivity contribution >= 4 is 0 Å². The average Bonchev–Trinajstić information content (AvgIpc) is 2.26. The van der Waals surface area contributed by atoms with Crippen LogP contribution in [0.4, 0.5) is 0 Å². The van der Waals surface area contributed by atoms with Crippen molar-refractivity contribution in [3.05, 3.63) is 35.4 Å². The minimum atomic E-state index is 0.508. The van der Waals surface area contributed by atoms with Gasteiger partial charge in [-0.1, -0.05) is 52.0 Å². The Hall–Kier alpha value is -0.820. The zero-order chi connectivity index (χ0) is 11.3. The van der Waals surface area contributed by atoms with E-state index in [0.29, 0.717) is 12.0 Å². The van der Waals surface area contributed by atoms with Crippen LogP contribution in [0.1, 0.15) is 57.2 Å². The summed E-state index contributed by atoms with van der Waals surface area (Å²) in [5.41, 5.74) is 2.86. The molecule has 1 rings (SSSR count). The van der Waals surface area contributed by atoms with Crippen molar-refractivity contribution in [1.82, 2.24) is 5.32 Å². The first kappa shape index (κ1) is 12.3. The standard InChI is InChI=1S/C14H23N/c1-5-14(15-6-2)13-9-7-8-12(10-13)11(3)4/h7-11,14-15H,5-6H2,1-4H3. The molecule has 1 atom stereocenters. The molecule has 0 radical (unpaired) electrons. The normalized spacial score (nSPS) is 13.1. The number of benzene rings is 1. The van der Waals surface area contributed by atoms with Crippen LogP contribution in [0, 0.1) is 0 Å². The van der Waals surface area contributed by atoms with E-state index in [9.17, 15) is 0 Å². The van der Waals surface area contributed by atoms with E-state index in [1.165, 1.54) is 11.1 Å². The van der Waals surface area contributed by atoms with Gasteiger partial charge in [-0.25, -0.2) is 0 Å². The molecule has 15 heavy (non-hydrogen) atoms. The first-order chi connectivity index (χ1) is 7.19. The average molecular weight is 205 g/mol. The Balaban J connectivity index is 2.87. The van der Waals surface area contributed by atoms with Gasteiger partial charge in [0, 0.05) is 6.04 Å². The molecule has 1 unspecified atom stereocenters. The first-order valence-corrected chi connectivity index (χ1v) is 6.02. The molecule has 0 fully saturated rings. The van der Waals surface area contributed by atoms with Crippen molar-refractivity contribution in [2.75, 3.05) is 6.54 Å². The molecule has 0 saturated carbocycles. The lowest BCUT2D eigenvalue weighted by Crippen LogP contribution is -2.20. The quantitative estimate of drug-likeness (QED) is 0.769. The lowest BCUT2D eigenvalue weighted by Gasteiger charge is -2.18. The fourth-order valence-corrected chi connectivity index (χ4v) is 1.88. The number of rotatable bonds is 5. The van der Waals surface area contributed by atoms with Crippen molar-refractivity contribution in [2.45, 2.75) is 46.1 Å². The summed E-state index contributed by atoms with van der Waals surface area (Å²) in [7, 11) is 0. The lowest BCUT2D eigenvalue weighted by molar-refractivity contribution is 0.536. The predicted octanol–water partition coefficient (Wildman–Crippen LogP) is 3.87. The van der Waals surface area contributed by atoms with E-state index >= 15 is 0 Å². The van der Waals surface area contributed by atoms with E-state index in [1.54, 1.807) is 0 Å². The number of hydrogen-bond donors (Lipinski definition) is 1. The highest BCUT2D eigenvalue weighted by molar-refractivity contribution is 5.28. The maximum absolute atomic E-state index is 3.51. The van der Waals surface area contributed by atoms with Crippen molar-refractivity contribution in [3.63, 3.8) is 0 Å². The Morgan fingerprint density at radius 2 is 1.80 bits per heavy atom. The Kier molecular flexibility index (Phi) is 4.83. The molecule has 0 aromatic heterocycles. The summed E-state index contributed by atoms with van der Waals surface area (Å²) in [5, 5.41) is 3.51. The highest BCUT2D eigenvalue weighted by Gasteiger charge is 2.08. The van der Waals surface area contributed by atoms with Crippen LogP contribution in [-0.4, -0.2) is 6.54 Å². The SMILES string of the molecule is CCNC(CC)c1cccc(C(C)C)c1. The first-order valence-electron chi connectivity index (χ1n) is 6.02. The zero-order valence-electron chi connectivity index (χ0n) is 10.4. The van der Waals surface area contributed by atoms with Crippen LogP contribution < -0.4 is 5.32 Å². The van der Waals surface area contributed by atoms with Gasteiger partial charge in [0.1, 0.15) is 0 Å². The van der Waals surface area contributed by atoms with Crippen molar-refractivity contribution < 1.29 is 0 Å². The van der Waals surface area contributed by atoms with E-state index in [0.717, 1.165) is 13.0 Å². The molecule has 0 aliphatic carbocycles. The topological polar surface area (TPSA) is 12.0 Å². The van der Waals surface area contributed by atoms with Gasteiger partial charge in [0.2, 0.25) is 0 Å². The largest absolute Gasteiger partial charge is 0.310 e. The molecule has 0 bridgehead atoms. The molecule has 84 valence electrons. The van der Waals surface area contributed by atoms with Gasteiger partial charge in [-0.2, -0.15) is 0 Å². The van der Waals surface area contributed by atoms with Crippen molar-refractivity contribution in [1.29, 1.82) is 0 Å². The van der Waals surface area contributed by atoms with E-state index in [-0.39, 0.29) is 0 Å². The third kappa shape index (κ3) is 3.35. The van der Waals surface area contributed by atoms with Gasteiger partial charge in [0.05, 0.1) is 0 Å². The molecule has 1 heteroatoms. The zero-order valence-corrected chi connectivity index (χ0v) is 10.4. The van der Waals surface area contributed by atoms with Gasteiger partial charge in [-0.05, 0) is 30.0 Å². The maximum atomic E-state index is 3.51. The van der Waals surface area contributed by atoms with Crippen LogP contribution in [0.5, 0.6) is 0 Å². The molecule has 0 saturated heterocycles. The summed E-state index contributed by atoms with van der Waals surface area (Å²) in [5.74, 6) is 0.615. The molecular weight excluding hydrogens is 182 g/mol. The summed E-state index contributed by atoms with van der Waals surface area (Å²) in [6, 6.07) is 9.45. The Labute approximate surface area is 93.9 Å². The molecule has 0 spiro atoms. The van der Waals surface area contributed by atoms with Crippen LogP contribution in [0.15, 0.2) is 24.3 Å². The Morgan fingerprint density at radius 1 is 1.13 bits per heavy atom. The van der Waals surface area contributed by atoms with Gasteiger partial charge in [-0.15, -0.1) is 0 Å². The highest BCUT2D eigenvalue weighted by atomic mass is 14.9. The van der Waals surface area contributed by atoms with E-state index < -0.39 is 0 Å². The number of nitrogens with one attached hydrogen (secondary N) is 1. The Bertz CT molecular complexity index is 291. The molecule has 0 amide bonds. The van der Waals surface area contributed by atoms with Gasteiger partial charge < -0.3 is 5.32 Å². The molecule has 0 heterocycles. The summed E-state index contributed by atoms with van der Waals surface area (Å²) < 4.78 is 0. The second-order valence-corrected chi connectivity index (χ2v) is 4.34. The van der Waals surface area contributed by atoms with Crippen molar-refractivity contribution in [2.24, 2.45) is 0 Å². The fraction of sp³-hybridized carbons (Fsp3) is 0.571. The lowest BCUT2D eigenvalue weighted by atomic mass is 9.97. The molecule has 1 aromatic carbocycles. The maximum Gasteiger partial charge on any atom is 0.0317 e. The number of hydrogen-bond acceptors (Lipinski definition) is 1. The molecule has 1 aromatic rings. The monoisotopic (exact) mass is 205 g/mol. The van der Waals surface area contributed by atoms with Gasteiger partial charge >= 0.3 is 0 Å². The molecular formula is C14H23N. The summed E-state index contributed by atoms with van der Waals surface area (Å²) >= 11 is 0. The van der Waals surface area contributed by atoms with Gasteiger partial charge in [0.15, 0.2) is 0 Å². The van der Waals surface area contributed by atoms with E-state index in [1.807, 2.05) is 0 Å². The second kappa shape index (κ2) is 5.92. The van der Waals surface area contributed by atoms with Crippen LogP contribution in [0.25, 0.3) is 0 Å². The highest BCUT2D eigenvalue weighted by Crippen LogP contribution is 2.21. The Morgan fingerprint density at radius 3 is 2.33 bits per heavy atom. The van der Waals surface area contributed by atoms with Crippen LogP contribution in [0.3, 0.4) is 0 Å². The minimum absolute atomic E-state index is 0.508. The van der Waals surface area contributed by atoms with Gasteiger partial charge in [0.25, 0.3) is 0 Å². The summed E-state index contributed by atoms with van der Waals surface area (Å²) in [6.45, 7) is 9.91. The fourth-order valence-electron chi connectivity index (χ4n) is 1.88. The smallest absolute Gasteiger partial charge is 0.0317 e. The van der Waals surface area contributed by atoms with Crippen LogP contribution >= 0.6 is 0 Å². The van der Waals surface area contributed by atoms with Crippen LogP contribution in [0.2, 0.25) is 0 Å². The summed E-state index contributed by atoms with van der Waals surface area (Å²) in [4.78, 5) is 0. The van der Waals surface area contributed by atoms with E-state index in [4.69, 9.17) is 0 Å². The van der Waals surface area contributed by atoms with Crippen molar-refractivity contribution in [3.8, 4) is 0 Å². The minimum Gasteiger partial charge on any atom is -0.310 e. The summed E-state index contributed by atoms with van der Waals surface area (Å²) in [6.07, 6.45) is 1.15. The third-order valence-electron chi connectivity index (χ3n) is 2.84. The molecule has 0 aliphatic rings. The molecule has 1 N–H and O–H groups in total. The molecule has 1 nitrogen and oxygen atoms in total. The van der Waals surface area contributed by atoms with E-state index in [2.05, 4.69) is 57.3 Å². The molecule has 0 aliphatic heterocycles. The third-order valence-corrected chi connectivity index (χ3v) is 2.84. The predicted molar refractivity (Wildman–Crippen MR) is 67.2 cm³/mol. The second-order valence-electron chi connectivity index (χ2n) is 4.34. The van der Waals surface area contributed by atoms with Gasteiger partial charge in [-0.3, -0.25) is 0 Å².